The molecule has 0 aliphatic carbocycles. The van der Waals surface area contributed by atoms with Crippen molar-refractivity contribution in [2.75, 3.05) is 44.4 Å². The Bertz CT molecular complexity index is 625. The van der Waals surface area contributed by atoms with Crippen molar-refractivity contribution in [3.05, 3.63) is 18.2 Å². The Morgan fingerprint density at radius 3 is 2.65 bits per heavy atom. The predicted molar refractivity (Wildman–Crippen MR) is 88.1 cm³/mol. The number of hydrogen-bond donors (Lipinski definition) is 0. The van der Waals surface area contributed by atoms with E-state index in [1.807, 2.05) is 11.3 Å². The molecule has 0 spiro atoms. The van der Waals surface area contributed by atoms with Crippen molar-refractivity contribution >= 4 is 38.4 Å². The highest BCUT2D eigenvalue weighted by Gasteiger charge is 2.39. The fourth-order valence-electron chi connectivity index (χ4n) is 3.60. The zero-order chi connectivity index (χ0) is 13.7. The van der Waals surface area contributed by atoms with Gasteiger partial charge >= 0.3 is 0 Å². The third kappa shape index (κ3) is 2.03. The summed E-state index contributed by atoms with van der Waals surface area (Å²) in [6.45, 7) is 4.87. The van der Waals surface area contributed by atoms with Gasteiger partial charge in [0.2, 0.25) is 0 Å². The average Bonchev–Trinajstić information content (AvgIpc) is 3.08. The van der Waals surface area contributed by atoms with E-state index in [1.165, 1.54) is 46.4 Å². The summed E-state index contributed by atoms with van der Waals surface area (Å²) in [5, 5.41) is 1.22. The van der Waals surface area contributed by atoms with Crippen LogP contribution in [0.3, 0.4) is 0 Å². The van der Waals surface area contributed by atoms with Crippen molar-refractivity contribution in [2.45, 2.75) is 4.90 Å². The van der Waals surface area contributed by atoms with Gasteiger partial charge in [0.25, 0.3) is 0 Å². The van der Waals surface area contributed by atoms with Gasteiger partial charge in [0.15, 0.2) is 5.13 Å². The number of fused-ring (bicyclic) bond motifs is 2. The van der Waals surface area contributed by atoms with Crippen LogP contribution in [0.15, 0.2) is 23.1 Å². The number of thiazole rings is 1. The minimum absolute atomic E-state index is 0.840. The summed E-state index contributed by atoms with van der Waals surface area (Å²) in [5.41, 5.74) is 1.19. The number of anilines is 1. The first-order valence-electron chi connectivity index (χ1n) is 7.11. The van der Waals surface area contributed by atoms with E-state index in [0.29, 0.717) is 0 Å². The highest BCUT2D eigenvalue weighted by Crippen LogP contribution is 2.38. The highest BCUT2D eigenvalue weighted by atomic mass is 32.2. The standard InChI is InChI=1S/C15H19N3S2/c1-17-6-10-8-18(9-11(10)7-17)15-16-14-12(19-2)4-3-5-13(14)20-15/h3-5,10-11H,6-9H2,1-2H3. The minimum atomic E-state index is 0.840. The molecular formula is C15H19N3S2. The molecular weight excluding hydrogens is 286 g/mol. The molecule has 2 atom stereocenters. The lowest BCUT2D eigenvalue weighted by molar-refractivity contribution is 0.387. The summed E-state index contributed by atoms with van der Waals surface area (Å²) in [7, 11) is 2.24. The Hall–Kier alpha value is -0.780. The molecule has 2 fully saturated rings. The Kier molecular flexibility index (Phi) is 3.16. The zero-order valence-electron chi connectivity index (χ0n) is 11.9. The van der Waals surface area contributed by atoms with Crippen molar-refractivity contribution in [1.82, 2.24) is 9.88 Å². The Labute approximate surface area is 128 Å². The van der Waals surface area contributed by atoms with Gasteiger partial charge in [-0.1, -0.05) is 17.4 Å². The fraction of sp³-hybridized carbons (Fsp3) is 0.533. The van der Waals surface area contributed by atoms with Gasteiger partial charge in [-0.05, 0) is 37.3 Å². The minimum Gasteiger partial charge on any atom is -0.347 e. The van der Waals surface area contributed by atoms with E-state index in [4.69, 9.17) is 4.98 Å². The molecule has 3 nitrogen and oxygen atoms in total. The molecule has 0 amide bonds. The Morgan fingerprint density at radius 2 is 1.95 bits per heavy atom. The molecule has 2 saturated heterocycles. The topological polar surface area (TPSA) is 19.4 Å². The lowest BCUT2D eigenvalue weighted by atomic mass is 10.0. The number of para-hydroxylation sites is 1. The van der Waals surface area contributed by atoms with E-state index in [9.17, 15) is 0 Å². The number of thioether (sulfide) groups is 1. The van der Waals surface area contributed by atoms with Crippen molar-refractivity contribution in [2.24, 2.45) is 11.8 Å². The van der Waals surface area contributed by atoms with E-state index in [-0.39, 0.29) is 0 Å². The first-order chi connectivity index (χ1) is 9.74. The van der Waals surface area contributed by atoms with Crippen LogP contribution in [-0.4, -0.2) is 49.4 Å². The molecule has 2 aliphatic heterocycles. The summed E-state index contributed by atoms with van der Waals surface area (Å²) in [5.74, 6) is 1.68. The summed E-state index contributed by atoms with van der Waals surface area (Å²) in [6.07, 6.45) is 2.13. The molecule has 0 radical (unpaired) electrons. The summed E-state index contributed by atoms with van der Waals surface area (Å²) >= 11 is 3.64. The first kappa shape index (κ1) is 12.9. The lowest BCUT2D eigenvalue weighted by Crippen LogP contribution is -2.26. The van der Waals surface area contributed by atoms with E-state index in [2.05, 4.69) is 41.3 Å². The van der Waals surface area contributed by atoms with Crippen molar-refractivity contribution < 1.29 is 0 Å². The number of nitrogens with zero attached hydrogens (tertiary/aromatic N) is 3. The van der Waals surface area contributed by atoms with Gasteiger partial charge in [0.1, 0.15) is 0 Å². The molecule has 5 heteroatoms. The zero-order valence-corrected chi connectivity index (χ0v) is 13.5. The second-order valence-corrected chi connectivity index (χ2v) is 7.81. The van der Waals surface area contributed by atoms with Crippen molar-refractivity contribution in [1.29, 1.82) is 0 Å². The Morgan fingerprint density at radius 1 is 1.20 bits per heavy atom. The molecule has 4 rings (SSSR count). The molecule has 0 saturated carbocycles. The van der Waals surface area contributed by atoms with E-state index < -0.39 is 0 Å². The molecule has 0 bridgehead atoms. The van der Waals surface area contributed by atoms with E-state index >= 15 is 0 Å². The molecule has 1 aromatic heterocycles. The molecule has 3 heterocycles. The van der Waals surface area contributed by atoms with Crippen molar-refractivity contribution in [3.8, 4) is 0 Å². The van der Waals surface area contributed by atoms with Crippen LogP contribution in [0.1, 0.15) is 0 Å². The number of hydrogen-bond acceptors (Lipinski definition) is 5. The SMILES string of the molecule is CSc1cccc2sc(N3CC4CN(C)CC4C3)nc12. The lowest BCUT2D eigenvalue weighted by Gasteiger charge is -2.17. The summed E-state index contributed by atoms with van der Waals surface area (Å²) < 4.78 is 1.32. The van der Waals surface area contributed by atoms with Gasteiger partial charge in [-0.25, -0.2) is 4.98 Å². The third-order valence-corrected chi connectivity index (χ3v) is 6.38. The van der Waals surface area contributed by atoms with Crippen LogP contribution in [0.2, 0.25) is 0 Å². The van der Waals surface area contributed by atoms with Crippen LogP contribution in [0, 0.1) is 11.8 Å². The second kappa shape index (κ2) is 4.90. The third-order valence-electron chi connectivity index (χ3n) is 4.53. The number of benzene rings is 1. The quantitative estimate of drug-likeness (QED) is 0.794. The first-order valence-corrected chi connectivity index (χ1v) is 9.16. The van der Waals surface area contributed by atoms with Gasteiger partial charge in [-0.3, -0.25) is 0 Å². The fourth-order valence-corrected chi connectivity index (χ4v) is 5.23. The maximum atomic E-state index is 4.92. The van der Waals surface area contributed by atoms with Crippen LogP contribution in [0.4, 0.5) is 5.13 Å². The molecule has 20 heavy (non-hydrogen) atoms. The molecule has 0 N–H and O–H groups in total. The predicted octanol–water partition coefficient (Wildman–Crippen LogP) is 3.02. The smallest absolute Gasteiger partial charge is 0.186 e. The van der Waals surface area contributed by atoms with Crippen LogP contribution in [0.25, 0.3) is 10.2 Å². The number of rotatable bonds is 2. The van der Waals surface area contributed by atoms with Gasteiger partial charge in [-0.15, -0.1) is 11.8 Å². The summed E-state index contributed by atoms with van der Waals surface area (Å²) in [6, 6.07) is 6.51. The van der Waals surface area contributed by atoms with Crippen molar-refractivity contribution in [3.63, 3.8) is 0 Å². The molecule has 106 valence electrons. The monoisotopic (exact) mass is 305 g/mol. The van der Waals surface area contributed by atoms with Crippen LogP contribution < -0.4 is 4.90 Å². The van der Waals surface area contributed by atoms with E-state index in [0.717, 1.165) is 11.8 Å². The average molecular weight is 305 g/mol. The molecule has 1 aromatic carbocycles. The van der Waals surface area contributed by atoms with Crippen LogP contribution in [0.5, 0.6) is 0 Å². The maximum absolute atomic E-state index is 4.92. The van der Waals surface area contributed by atoms with Crippen LogP contribution >= 0.6 is 23.1 Å². The molecule has 2 aromatic rings. The van der Waals surface area contributed by atoms with Gasteiger partial charge < -0.3 is 9.80 Å². The largest absolute Gasteiger partial charge is 0.347 e. The number of likely N-dealkylation sites (tertiary alicyclic amines) is 1. The van der Waals surface area contributed by atoms with Gasteiger partial charge in [0, 0.05) is 31.1 Å². The van der Waals surface area contributed by atoms with Crippen LogP contribution in [-0.2, 0) is 0 Å². The molecule has 2 aliphatic rings. The maximum Gasteiger partial charge on any atom is 0.186 e. The van der Waals surface area contributed by atoms with E-state index in [1.54, 1.807) is 11.8 Å². The normalized spacial score (nSPS) is 26.6. The van der Waals surface area contributed by atoms with Gasteiger partial charge in [0.05, 0.1) is 10.2 Å². The molecule has 2 unspecified atom stereocenters. The summed E-state index contributed by atoms with van der Waals surface area (Å²) in [4.78, 5) is 11.2. The second-order valence-electron chi connectivity index (χ2n) is 5.95. The Balaban J connectivity index is 1.64. The van der Waals surface area contributed by atoms with Gasteiger partial charge in [-0.2, -0.15) is 0 Å². The highest BCUT2D eigenvalue weighted by molar-refractivity contribution is 7.98. The number of aromatic nitrogens is 1.